The fraction of sp³-hybridized carbons (Fsp3) is 0.263. The molecule has 0 bridgehead atoms. The van der Waals surface area contributed by atoms with E-state index < -0.39 is 0 Å². The standard InChI is InChI=1S/C19H21N5O/c1-13-11-14(2)24(22-13)18-9-8-16(12-21-18)19(25)23(4)15(3)17-7-5-6-10-20-17/h5-12,15H,1-4H3. The second-order valence-corrected chi connectivity index (χ2v) is 6.09. The normalized spacial score (nSPS) is 12.0. The molecule has 0 aliphatic rings. The molecule has 1 atom stereocenters. The largest absolute Gasteiger partial charge is 0.333 e. The van der Waals surface area contributed by atoms with Crippen molar-refractivity contribution in [1.82, 2.24) is 24.6 Å². The predicted octanol–water partition coefficient (Wildman–Crippen LogP) is 3.11. The summed E-state index contributed by atoms with van der Waals surface area (Å²) in [7, 11) is 1.77. The lowest BCUT2D eigenvalue weighted by Gasteiger charge is -2.24. The van der Waals surface area contributed by atoms with Crippen LogP contribution >= 0.6 is 0 Å². The summed E-state index contributed by atoms with van der Waals surface area (Å²) in [6.07, 6.45) is 3.32. The van der Waals surface area contributed by atoms with Crippen LogP contribution in [-0.2, 0) is 0 Å². The van der Waals surface area contributed by atoms with Crippen LogP contribution in [0.25, 0.3) is 5.82 Å². The fourth-order valence-electron chi connectivity index (χ4n) is 2.70. The first-order valence-electron chi connectivity index (χ1n) is 8.15. The number of hydrogen-bond donors (Lipinski definition) is 0. The van der Waals surface area contributed by atoms with Crippen LogP contribution in [0.5, 0.6) is 0 Å². The summed E-state index contributed by atoms with van der Waals surface area (Å²) >= 11 is 0. The molecule has 3 aromatic heterocycles. The van der Waals surface area contributed by atoms with Gasteiger partial charge in [0, 0.05) is 25.1 Å². The van der Waals surface area contributed by atoms with Gasteiger partial charge in [0.2, 0.25) is 0 Å². The predicted molar refractivity (Wildman–Crippen MR) is 95.6 cm³/mol. The van der Waals surface area contributed by atoms with Crippen molar-refractivity contribution in [1.29, 1.82) is 0 Å². The van der Waals surface area contributed by atoms with Crippen LogP contribution in [-0.4, -0.2) is 37.6 Å². The lowest BCUT2D eigenvalue weighted by molar-refractivity contribution is 0.0739. The molecule has 0 aromatic carbocycles. The Morgan fingerprint density at radius 2 is 1.96 bits per heavy atom. The van der Waals surface area contributed by atoms with Gasteiger partial charge in [0.25, 0.3) is 5.91 Å². The summed E-state index contributed by atoms with van der Waals surface area (Å²) in [5, 5.41) is 4.41. The molecule has 6 heteroatoms. The summed E-state index contributed by atoms with van der Waals surface area (Å²) in [6.45, 7) is 5.87. The van der Waals surface area contributed by atoms with Crippen molar-refractivity contribution in [2.75, 3.05) is 7.05 Å². The zero-order valence-corrected chi connectivity index (χ0v) is 14.8. The number of amides is 1. The Hall–Kier alpha value is -3.02. The van der Waals surface area contributed by atoms with Gasteiger partial charge in [-0.25, -0.2) is 9.67 Å². The smallest absolute Gasteiger partial charge is 0.255 e. The van der Waals surface area contributed by atoms with Crippen LogP contribution in [0.15, 0.2) is 48.8 Å². The molecular weight excluding hydrogens is 314 g/mol. The van der Waals surface area contributed by atoms with Crippen molar-refractivity contribution in [3.8, 4) is 5.82 Å². The summed E-state index contributed by atoms with van der Waals surface area (Å²) in [6, 6.07) is 11.2. The Kier molecular flexibility index (Phi) is 4.61. The van der Waals surface area contributed by atoms with E-state index in [1.807, 2.05) is 51.1 Å². The van der Waals surface area contributed by atoms with Gasteiger partial charge >= 0.3 is 0 Å². The van der Waals surface area contributed by atoms with Gasteiger partial charge in [0.15, 0.2) is 5.82 Å². The van der Waals surface area contributed by atoms with E-state index in [4.69, 9.17) is 0 Å². The SMILES string of the molecule is Cc1cc(C)n(-c2ccc(C(=O)N(C)C(C)c3ccccn3)cn2)n1. The minimum absolute atomic E-state index is 0.0921. The Morgan fingerprint density at radius 1 is 1.16 bits per heavy atom. The van der Waals surface area contributed by atoms with Gasteiger partial charge in [-0.1, -0.05) is 6.07 Å². The van der Waals surface area contributed by atoms with Crippen LogP contribution in [0.3, 0.4) is 0 Å². The lowest BCUT2D eigenvalue weighted by atomic mass is 10.1. The number of carbonyl (C=O) groups is 1. The van der Waals surface area contributed by atoms with E-state index in [2.05, 4.69) is 15.1 Å². The molecule has 0 aliphatic carbocycles. The quantitative estimate of drug-likeness (QED) is 0.735. The van der Waals surface area contributed by atoms with Gasteiger partial charge in [-0.3, -0.25) is 9.78 Å². The molecule has 3 aromatic rings. The van der Waals surface area contributed by atoms with Gasteiger partial charge in [-0.2, -0.15) is 5.10 Å². The van der Waals surface area contributed by atoms with E-state index in [-0.39, 0.29) is 11.9 Å². The second-order valence-electron chi connectivity index (χ2n) is 6.09. The van der Waals surface area contributed by atoms with Crippen molar-refractivity contribution in [3.05, 3.63) is 71.4 Å². The van der Waals surface area contributed by atoms with Crippen molar-refractivity contribution >= 4 is 5.91 Å². The highest BCUT2D eigenvalue weighted by molar-refractivity contribution is 5.94. The van der Waals surface area contributed by atoms with E-state index in [1.165, 1.54) is 0 Å². The van der Waals surface area contributed by atoms with Crippen LogP contribution < -0.4 is 0 Å². The maximum absolute atomic E-state index is 12.7. The van der Waals surface area contributed by atoms with E-state index in [1.54, 1.807) is 35.1 Å². The van der Waals surface area contributed by atoms with E-state index in [0.29, 0.717) is 11.4 Å². The first kappa shape index (κ1) is 16.8. The number of aromatic nitrogens is 4. The molecular formula is C19H21N5O. The highest BCUT2D eigenvalue weighted by Crippen LogP contribution is 2.19. The molecule has 0 radical (unpaired) electrons. The van der Waals surface area contributed by atoms with E-state index in [0.717, 1.165) is 17.1 Å². The number of pyridine rings is 2. The Balaban J connectivity index is 1.80. The molecule has 3 rings (SSSR count). The Bertz CT molecular complexity index is 871. The highest BCUT2D eigenvalue weighted by atomic mass is 16.2. The van der Waals surface area contributed by atoms with Crippen molar-refractivity contribution in [2.45, 2.75) is 26.8 Å². The molecule has 0 saturated heterocycles. The molecule has 6 nitrogen and oxygen atoms in total. The molecule has 1 amide bonds. The Morgan fingerprint density at radius 3 is 2.52 bits per heavy atom. The molecule has 25 heavy (non-hydrogen) atoms. The van der Waals surface area contributed by atoms with Crippen LogP contribution in [0.4, 0.5) is 0 Å². The first-order chi connectivity index (χ1) is 12.0. The van der Waals surface area contributed by atoms with Crippen LogP contribution in [0, 0.1) is 13.8 Å². The molecule has 0 saturated carbocycles. The van der Waals surface area contributed by atoms with Crippen molar-refractivity contribution in [3.63, 3.8) is 0 Å². The van der Waals surface area contributed by atoms with Gasteiger partial charge in [-0.15, -0.1) is 0 Å². The molecule has 0 spiro atoms. The zero-order valence-electron chi connectivity index (χ0n) is 14.8. The van der Waals surface area contributed by atoms with E-state index in [9.17, 15) is 4.79 Å². The van der Waals surface area contributed by atoms with Gasteiger partial charge in [0.1, 0.15) is 0 Å². The van der Waals surface area contributed by atoms with Gasteiger partial charge in [-0.05, 0) is 51.1 Å². The zero-order chi connectivity index (χ0) is 18.0. The molecule has 3 heterocycles. The first-order valence-corrected chi connectivity index (χ1v) is 8.15. The third-order valence-electron chi connectivity index (χ3n) is 4.24. The average Bonchev–Trinajstić information content (AvgIpc) is 2.99. The van der Waals surface area contributed by atoms with Gasteiger partial charge < -0.3 is 4.90 Å². The second kappa shape index (κ2) is 6.84. The highest BCUT2D eigenvalue weighted by Gasteiger charge is 2.20. The Labute approximate surface area is 147 Å². The maximum atomic E-state index is 12.7. The van der Waals surface area contributed by atoms with Crippen LogP contribution in [0.1, 0.15) is 40.4 Å². The third-order valence-corrected chi connectivity index (χ3v) is 4.24. The minimum atomic E-state index is -0.121. The van der Waals surface area contributed by atoms with Gasteiger partial charge in [0.05, 0.1) is 23.0 Å². The molecule has 0 N–H and O–H groups in total. The average molecular weight is 335 g/mol. The van der Waals surface area contributed by atoms with Crippen molar-refractivity contribution < 1.29 is 4.79 Å². The summed E-state index contributed by atoms with van der Waals surface area (Å²) < 4.78 is 1.77. The number of nitrogens with zero attached hydrogens (tertiary/aromatic N) is 5. The number of hydrogen-bond acceptors (Lipinski definition) is 4. The number of aryl methyl sites for hydroxylation is 2. The molecule has 128 valence electrons. The fourth-order valence-corrected chi connectivity index (χ4v) is 2.70. The molecule has 1 unspecified atom stereocenters. The van der Waals surface area contributed by atoms with Crippen LogP contribution in [0.2, 0.25) is 0 Å². The topological polar surface area (TPSA) is 63.9 Å². The van der Waals surface area contributed by atoms with E-state index >= 15 is 0 Å². The summed E-state index contributed by atoms with van der Waals surface area (Å²) in [4.78, 5) is 23.1. The third kappa shape index (κ3) is 3.42. The number of rotatable bonds is 4. The molecule has 0 aliphatic heterocycles. The lowest BCUT2D eigenvalue weighted by Crippen LogP contribution is -2.30. The van der Waals surface area contributed by atoms with Crippen molar-refractivity contribution in [2.24, 2.45) is 0 Å². The number of carbonyl (C=O) groups excluding carboxylic acids is 1. The minimum Gasteiger partial charge on any atom is -0.333 e. The monoisotopic (exact) mass is 335 g/mol. The summed E-state index contributed by atoms with van der Waals surface area (Å²) in [5.41, 5.74) is 3.33. The summed E-state index contributed by atoms with van der Waals surface area (Å²) in [5.74, 6) is 0.605. The molecule has 0 fully saturated rings. The maximum Gasteiger partial charge on any atom is 0.255 e.